The molecule has 0 amide bonds. The average Bonchev–Trinajstić information content (AvgIpc) is 2.65. The van der Waals surface area contributed by atoms with Gasteiger partial charge in [-0.05, 0) is 24.1 Å². The summed E-state index contributed by atoms with van der Waals surface area (Å²) in [6.07, 6.45) is 0.472. The molecule has 3 N–H and O–H groups in total. The van der Waals surface area contributed by atoms with E-state index < -0.39 is 5.75 Å². The zero-order valence-corrected chi connectivity index (χ0v) is 14.8. The first-order valence-electron chi connectivity index (χ1n) is 8.44. The number of phenolic OH excluding ortho intramolecular Hbond substituents is 3. The van der Waals surface area contributed by atoms with Crippen LogP contribution in [0.5, 0.6) is 17.2 Å². The Balaban J connectivity index is 0.00000109. The number of hydrogen-bond donors (Lipinski definition) is 3. The maximum atomic E-state index is 10.2. The minimum absolute atomic E-state index is 0.276. The number of aryl methyl sites for hydroxylation is 1. The first-order chi connectivity index (χ1) is 12.1. The maximum Gasteiger partial charge on any atom is 0.201 e. The normalized spacial score (nSPS) is 10.0. The van der Waals surface area contributed by atoms with Gasteiger partial charge in [0, 0.05) is 17.5 Å². The minimum Gasteiger partial charge on any atom is -0.504 e. The Hall–Kier alpha value is -2.94. The molecule has 0 aliphatic rings. The third kappa shape index (κ3) is 4.13. The van der Waals surface area contributed by atoms with E-state index in [1.165, 1.54) is 0 Å². The van der Waals surface area contributed by atoms with Crippen LogP contribution in [0.4, 0.5) is 0 Å². The Morgan fingerprint density at radius 3 is 1.92 bits per heavy atom. The van der Waals surface area contributed by atoms with Crippen LogP contribution in [0, 0.1) is 6.92 Å². The lowest BCUT2D eigenvalue weighted by molar-refractivity contribution is 0.366. The molecule has 0 spiro atoms. The molecule has 0 fully saturated rings. The van der Waals surface area contributed by atoms with Crippen LogP contribution in [0.2, 0.25) is 0 Å². The Labute approximate surface area is 148 Å². The molecule has 0 aliphatic heterocycles. The van der Waals surface area contributed by atoms with Gasteiger partial charge in [-0.3, -0.25) is 0 Å². The second-order valence-electron chi connectivity index (χ2n) is 5.66. The van der Waals surface area contributed by atoms with Crippen LogP contribution in [0.3, 0.4) is 0 Å². The molecule has 130 valence electrons. The molecule has 3 aromatic rings. The smallest absolute Gasteiger partial charge is 0.201 e. The van der Waals surface area contributed by atoms with E-state index in [0.29, 0.717) is 17.5 Å². The van der Waals surface area contributed by atoms with Crippen molar-refractivity contribution in [1.29, 1.82) is 0 Å². The van der Waals surface area contributed by atoms with E-state index >= 15 is 0 Å². The Morgan fingerprint density at radius 1 is 0.720 bits per heavy atom. The lowest BCUT2D eigenvalue weighted by atomic mass is 9.96. The molecule has 3 aromatic carbocycles. The fourth-order valence-electron chi connectivity index (χ4n) is 2.61. The predicted octanol–water partition coefficient (Wildman–Crippen LogP) is 5.40. The predicted molar refractivity (Wildman–Crippen MR) is 102 cm³/mol. The van der Waals surface area contributed by atoms with Crippen molar-refractivity contribution < 1.29 is 15.3 Å². The fourth-order valence-corrected chi connectivity index (χ4v) is 2.61. The molecule has 0 saturated heterocycles. The quantitative estimate of drug-likeness (QED) is 0.562. The zero-order chi connectivity index (χ0) is 18.4. The monoisotopic (exact) mass is 336 g/mol. The molecule has 0 saturated carbocycles. The van der Waals surface area contributed by atoms with Crippen LogP contribution in [0.25, 0.3) is 11.1 Å². The van der Waals surface area contributed by atoms with Crippen LogP contribution in [-0.2, 0) is 6.42 Å². The summed E-state index contributed by atoms with van der Waals surface area (Å²) >= 11 is 0. The van der Waals surface area contributed by atoms with Gasteiger partial charge in [0.25, 0.3) is 0 Å². The molecule has 0 bridgehead atoms. The van der Waals surface area contributed by atoms with E-state index in [1.54, 1.807) is 6.07 Å². The van der Waals surface area contributed by atoms with Gasteiger partial charge >= 0.3 is 0 Å². The van der Waals surface area contributed by atoms with E-state index in [0.717, 1.165) is 16.7 Å². The Bertz CT molecular complexity index is 822. The van der Waals surface area contributed by atoms with Gasteiger partial charge in [-0.25, -0.2) is 0 Å². The van der Waals surface area contributed by atoms with Gasteiger partial charge in [0.05, 0.1) is 0 Å². The average molecular weight is 336 g/mol. The molecule has 3 heteroatoms. The van der Waals surface area contributed by atoms with Gasteiger partial charge in [0.2, 0.25) is 5.75 Å². The number of rotatable bonds is 3. The van der Waals surface area contributed by atoms with Crippen LogP contribution in [0.1, 0.15) is 30.5 Å². The van der Waals surface area contributed by atoms with Crippen LogP contribution >= 0.6 is 0 Å². The number of hydrogen-bond acceptors (Lipinski definition) is 3. The van der Waals surface area contributed by atoms with Gasteiger partial charge in [0.1, 0.15) is 0 Å². The van der Waals surface area contributed by atoms with E-state index in [1.807, 2.05) is 75.4 Å². The summed E-state index contributed by atoms with van der Waals surface area (Å²) in [5, 5.41) is 30.4. The van der Waals surface area contributed by atoms with Gasteiger partial charge in [-0.2, -0.15) is 0 Å². The second kappa shape index (κ2) is 8.25. The summed E-state index contributed by atoms with van der Waals surface area (Å²) < 4.78 is 0. The molecule has 3 rings (SSSR count). The van der Waals surface area contributed by atoms with Crippen molar-refractivity contribution in [1.82, 2.24) is 0 Å². The topological polar surface area (TPSA) is 60.7 Å². The SMILES string of the molecule is CC.Cc1ccc(-c2cc(Cc3ccccc3)c(O)c(O)c2O)cc1. The van der Waals surface area contributed by atoms with Gasteiger partial charge < -0.3 is 15.3 Å². The lowest BCUT2D eigenvalue weighted by Gasteiger charge is -2.13. The van der Waals surface area contributed by atoms with Crippen LogP contribution in [-0.4, -0.2) is 15.3 Å². The zero-order valence-electron chi connectivity index (χ0n) is 14.8. The molecule has 3 nitrogen and oxygen atoms in total. The highest BCUT2D eigenvalue weighted by molar-refractivity contribution is 5.77. The van der Waals surface area contributed by atoms with Crippen molar-refractivity contribution in [3.63, 3.8) is 0 Å². The first-order valence-corrected chi connectivity index (χ1v) is 8.44. The van der Waals surface area contributed by atoms with Gasteiger partial charge in [-0.15, -0.1) is 0 Å². The standard InChI is InChI=1S/C20H18O3.C2H6/c1-13-7-9-15(10-8-13)17-12-16(18(21)20(23)19(17)22)11-14-5-3-2-4-6-14;1-2/h2-10,12,21-23H,11H2,1H3;1-2H3. The van der Waals surface area contributed by atoms with E-state index in [2.05, 4.69) is 0 Å². The highest BCUT2D eigenvalue weighted by atomic mass is 16.3. The van der Waals surface area contributed by atoms with E-state index in [-0.39, 0.29) is 11.5 Å². The number of phenols is 3. The third-order valence-electron chi connectivity index (χ3n) is 3.93. The summed E-state index contributed by atoms with van der Waals surface area (Å²) in [6.45, 7) is 5.98. The maximum absolute atomic E-state index is 10.2. The molecule has 0 aliphatic carbocycles. The third-order valence-corrected chi connectivity index (χ3v) is 3.93. The van der Waals surface area contributed by atoms with Crippen molar-refractivity contribution in [3.05, 3.63) is 77.4 Å². The highest BCUT2D eigenvalue weighted by Gasteiger charge is 2.17. The molecule has 0 heterocycles. The van der Waals surface area contributed by atoms with Crippen molar-refractivity contribution in [2.75, 3.05) is 0 Å². The van der Waals surface area contributed by atoms with E-state index in [9.17, 15) is 15.3 Å². The summed E-state index contributed by atoms with van der Waals surface area (Å²) in [4.78, 5) is 0. The minimum atomic E-state index is -0.478. The highest BCUT2D eigenvalue weighted by Crippen LogP contribution is 2.45. The molecule has 0 radical (unpaired) electrons. The van der Waals surface area contributed by atoms with Crippen molar-refractivity contribution >= 4 is 0 Å². The van der Waals surface area contributed by atoms with Crippen molar-refractivity contribution in [2.24, 2.45) is 0 Å². The van der Waals surface area contributed by atoms with Crippen LogP contribution in [0.15, 0.2) is 60.7 Å². The molecule has 0 aromatic heterocycles. The fraction of sp³-hybridized carbons (Fsp3) is 0.182. The summed E-state index contributed by atoms with van der Waals surface area (Å²) in [5.74, 6) is -1.06. The first kappa shape index (κ1) is 18.4. The van der Waals surface area contributed by atoms with Gasteiger partial charge in [0.15, 0.2) is 11.5 Å². The number of aromatic hydroxyl groups is 3. The largest absolute Gasteiger partial charge is 0.504 e. The lowest BCUT2D eigenvalue weighted by Crippen LogP contribution is -1.92. The summed E-state index contributed by atoms with van der Waals surface area (Å²) in [5.41, 5.74) is 3.99. The van der Waals surface area contributed by atoms with Gasteiger partial charge in [-0.1, -0.05) is 74.0 Å². The molecule has 0 atom stereocenters. The molecule has 0 unspecified atom stereocenters. The Morgan fingerprint density at radius 2 is 1.32 bits per heavy atom. The van der Waals surface area contributed by atoms with Crippen molar-refractivity contribution in [3.8, 4) is 28.4 Å². The molecular formula is C22H24O3. The number of benzene rings is 3. The van der Waals surface area contributed by atoms with E-state index in [4.69, 9.17) is 0 Å². The molecular weight excluding hydrogens is 312 g/mol. The molecule has 25 heavy (non-hydrogen) atoms. The Kier molecular flexibility index (Phi) is 6.07. The summed E-state index contributed by atoms with van der Waals surface area (Å²) in [7, 11) is 0. The second-order valence-corrected chi connectivity index (χ2v) is 5.66. The summed E-state index contributed by atoms with van der Waals surface area (Å²) in [6, 6.07) is 19.0. The van der Waals surface area contributed by atoms with Crippen LogP contribution < -0.4 is 0 Å². The van der Waals surface area contributed by atoms with Crippen molar-refractivity contribution in [2.45, 2.75) is 27.2 Å².